The first-order chi connectivity index (χ1) is 9.19. The largest absolute Gasteiger partial charge is 0.478 e. The van der Waals surface area contributed by atoms with Gasteiger partial charge in [0.05, 0.1) is 18.4 Å². The van der Waals surface area contributed by atoms with E-state index in [4.69, 9.17) is 5.11 Å². The highest BCUT2D eigenvalue weighted by atomic mass is 79.9. The van der Waals surface area contributed by atoms with E-state index in [1.54, 1.807) is 0 Å². The van der Waals surface area contributed by atoms with E-state index in [9.17, 15) is 18.0 Å². The van der Waals surface area contributed by atoms with Gasteiger partial charge in [0.25, 0.3) is 0 Å². The molecule has 0 radical (unpaired) electrons. The highest BCUT2D eigenvalue weighted by Gasteiger charge is 2.30. The minimum absolute atomic E-state index is 0.128. The van der Waals surface area contributed by atoms with Gasteiger partial charge in [-0.05, 0) is 25.1 Å². The summed E-state index contributed by atoms with van der Waals surface area (Å²) in [4.78, 5) is 22.3. The predicted molar refractivity (Wildman–Crippen MR) is 75.1 cm³/mol. The van der Waals surface area contributed by atoms with E-state index in [0.29, 0.717) is 4.47 Å². The molecule has 1 rings (SSSR count). The molecule has 0 saturated carbocycles. The van der Waals surface area contributed by atoms with Gasteiger partial charge in [-0.2, -0.15) is 0 Å². The quantitative estimate of drug-likeness (QED) is 0.764. The number of aromatic carboxylic acids is 1. The summed E-state index contributed by atoms with van der Waals surface area (Å²) >= 11 is 3.09. The van der Waals surface area contributed by atoms with E-state index in [1.165, 1.54) is 18.2 Å². The van der Waals surface area contributed by atoms with E-state index in [-0.39, 0.29) is 11.3 Å². The Hall–Kier alpha value is -1.61. The number of hydrogen-bond acceptors (Lipinski definition) is 5. The average molecular weight is 366 g/mol. The van der Waals surface area contributed by atoms with E-state index < -0.39 is 27.2 Å². The van der Waals surface area contributed by atoms with Crippen molar-refractivity contribution in [3.8, 4) is 0 Å². The Balaban J connectivity index is 3.16. The second-order valence-electron chi connectivity index (χ2n) is 3.81. The fourth-order valence-electron chi connectivity index (χ4n) is 1.32. The third-order valence-electron chi connectivity index (χ3n) is 2.46. The molecule has 2 N–H and O–H groups in total. The molecule has 0 aliphatic heterocycles. The summed E-state index contributed by atoms with van der Waals surface area (Å²) in [6.07, 6.45) is 0. The van der Waals surface area contributed by atoms with Crippen molar-refractivity contribution in [2.45, 2.75) is 12.2 Å². The molecule has 0 aliphatic rings. The topological polar surface area (TPSA) is 110 Å². The number of anilines is 1. The summed E-state index contributed by atoms with van der Waals surface area (Å²) in [5, 5.41) is 7.57. The first-order valence-corrected chi connectivity index (χ1v) is 7.65. The van der Waals surface area contributed by atoms with Crippen LogP contribution in [-0.4, -0.2) is 37.8 Å². The molecule has 1 atom stereocenters. The van der Waals surface area contributed by atoms with Gasteiger partial charge in [-0.25, -0.2) is 13.2 Å². The summed E-state index contributed by atoms with van der Waals surface area (Å²) in [5.74, 6) is -2.23. The molecule has 0 spiro atoms. The fraction of sp³-hybridized carbons (Fsp3) is 0.273. The molecule has 1 unspecified atom stereocenters. The SMILES string of the molecule is COC(=O)C(C)S(=O)(=O)Nc1ccc(Br)cc1C(=O)O. The smallest absolute Gasteiger partial charge is 0.337 e. The third kappa shape index (κ3) is 3.70. The second kappa shape index (κ2) is 6.23. The van der Waals surface area contributed by atoms with E-state index in [0.717, 1.165) is 14.0 Å². The number of nitrogens with one attached hydrogen (secondary N) is 1. The van der Waals surface area contributed by atoms with Crippen LogP contribution < -0.4 is 4.72 Å². The molecule has 0 heterocycles. The van der Waals surface area contributed by atoms with Gasteiger partial charge in [-0.15, -0.1) is 0 Å². The van der Waals surface area contributed by atoms with Crippen LogP contribution in [0.3, 0.4) is 0 Å². The lowest BCUT2D eigenvalue weighted by atomic mass is 10.2. The van der Waals surface area contributed by atoms with Gasteiger partial charge < -0.3 is 9.84 Å². The Morgan fingerprint density at radius 1 is 1.40 bits per heavy atom. The van der Waals surface area contributed by atoms with Gasteiger partial charge in [-0.3, -0.25) is 9.52 Å². The maximum atomic E-state index is 11.9. The fourth-order valence-corrected chi connectivity index (χ4v) is 2.69. The van der Waals surface area contributed by atoms with Crippen LogP contribution in [0, 0.1) is 0 Å². The minimum Gasteiger partial charge on any atom is -0.478 e. The van der Waals surface area contributed by atoms with Crippen molar-refractivity contribution >= 4 is 43.6 Å². The van der Waals surface area contributed by atoms with Crippen molar-refractivity contribution in [1.29, 1.82) is 0 Å². The Bertz CT molecular complexity index is 642. The van der Waals surface area contributed by atoms with Crippen molar-refractivity contribution in [1.82, 2.24) is 0 Å². The van der Waals surface area contributed by atoms with Crippen LogP contribution >= 0.6 is 15.9 Å². The Morgan fingerprint density at radius 3 is 2.50 bits per heavy atom. The van der Waals surface area contributed by atoms with Crippen LogP contribution in [0.15, 0.2) is 22.7 Å². The zero-order chi connectivity index (χ0) is 15.5. The van der Waals surface area contributed by atoms with Crippen molar-refractivity contribution < 1.29 is 27.9 Å². The lowest BCUT2D eigenvalue weighted by Gasteiger charge is -2.14. The number of halogens is 1. The summed E-state index contributed by atoms with van der Waals surface area (Å²) in [5.41, 5.74) is -0.364. The Labute approximate surface area is 124 Å². The highest BCUT2D eigenvalue weighted by Crippen LogP contribution is 2.23. The Morgan fingerprint density at radius 2 is 2.00 bits per heavy atom. The molecule has 9 heteroatoms. The average Bonchev–Trinajstić information content (AvgIpc) is 2.38. The van der Waals surface area contributed by atoms with Gasteiger partial charge in [0, 0.05) is 4.47 Å². The number of rotatable bonds is 5. The predicted octanol–water partition coefficient (Wildman–Crippen LogP) is 1.45. The van der Waals surface area contributed by atoms with Gasteiger partial charge in [0.1, 0.15) is 0 Å². The van der Waals surface area contributed by atoms with E-state index >= 15 is 0 Å². The zero-order valence-corrected chi connectivity index (χ0v) is 13.0. The summed E-state index contributed by atoms with van der Waals surface area (Å²) in [7, 11) is -3.03. The van der Waals surface area contributed by atoms with Crippen molar-refractivity contribution in [3.05, 3.63) is 28.2 Å². The number of ether oxygens (including phenoxy) is 1. The molecule has 20 heavy (non-hydrogen) atoms. The van der Waals surface area contributed by atoms with Crippen LogP contribution in [0.5, 0.6) is 0 Å². The maximum absolute atomic E-state index is 11.9. The standard InChI is InChI=1S/C11H12BrNO6S/c1-6(11(16)19-2)20(17,18)13-9-4-3-7(12)5-8(9)10(14)15/h3-6,13H,1-2H3,(H,14,15). The minimum atomic E-state index is -4.10. The van der Waals surface area contributed by atoms with Crippen molar-refractivity contribution in [2.24, 2.45) is 0 Å². The van der Waals surface area contributed by atoms with Crippen LogP contribution in [0.4, 0.5) is 5.69 Å². The number of carbonyl (C=O) groups is 2. The van der Waals surface area contributed by atoms with Gasteiger partial charge in [0.2, 0.25) is 10.0 Å². The zero-order valence-electron chi connectivity index (χ0n) is 10.6. The first kappa shape index (κ1) is 16.4. The normalized spacial score (nSPS) is 12.6. The molecule has 1 aromatic carbocycles. The molecule has 110 valence electrons. The van der Waals surface area contributed by atoms with Gasteiger partial charge in [-0.1, -0.05) is 15.9 Å². The molecule has 0 bridgehead atoms. The molecular weight excluding hydrogens is 354 g/mol. The molecule has 0 aromatic heterocycles. The number of methoxy groups -OCH3 is 1. The molecule has 0 fully saturated rings. The number of carboxylic acid groups (broad SMARTS) is 1. The number of carbonyl (C=O) groups excluding carboxylic acids is 1. The lowest BCUT2D eigenvalue weighted by Crippen LogP contribution is -2.33. The first-order valence-electron chi connectivity index (χ1n) is 5.31. The highest BCUT2D eigenvalue weighted by molar-refractivity contribution is 9.10. The summed E-state index contributed by atoms with van der Waals surface area (Å²) < 4.78 is 30.8. The van der Waals surface area contributed by atoms with Gasteiger partial charge >= 0.3 is 11.9 Å². The molecule has 0 saturated heterocycles. The number of benzene rings is 1. The van der Waals surface area contributed by atoms with Crippen LogP contribution in [0.2, 0.25) is 0 Å². The summed E-state index contributed by atoms with van der Waals surface area (Å²) in [6, 6.07) is 4.02. The molecule has 1 aromatic rings. The lowest BCUT2D eigenvalue weighted by molar-refractivity contribution is -0.139. The molecule has 0 aliphatic carbocycles. The van der Waals surface area contributed by atoms with Crippen molar-refractivity contribution in [2.75, 3.05) is 11.8 Å². The summed E-state index contributed by atoms with van der Waals surface area (Å²) in [6.45, 7) is 1.15. The van der Waals surface area contributed by atoms with E-state index in [2.05, 4.69) is 25.4 Å². The monoisotopic (exact) mass is 365 g/mol. The van der Waals surface area contributed by atoms with Crippen LogP contribution in [-0.2, 0) is 19.6 Å². The number of sulfonamides is 1. The van der Waals surface area contributed by atoms with Crippen molar-refractivity contribution in [3.63, 3.8) is 0 Å². The molecule has 0 amide bonds. The number of esters is 1. The Kier molecular flexibility index (Phi) is 5.12. The molecule has 7 nitrogen and oxygen atoms in total. The number of hydrogen-bond donors (Lipinski definition) is 2. The number of carboxylic acids is 1. The molecular formula is C11H12BrNO6S. The van der Waals surface area contributed by atoms with E-state index in [1.807, 2.05) is 0 Å². The van der Waals surface area contributed by atoms with Crippen LogP contribution in [0.25, 0.3) is 0 Å². The van der Waals surface area contributed by atoms with Gasteiger partial charge in [0.15, 0.2) is 5.25 Å². The van der Waals surface area contributed by atoms with Crippen LogP contribution in [0.1, 0.15) is 17.3 Å². The second-order valence-corrected chi connectivity index (χ2v) is 6.72. The maximum Gasteiger partial charge on any atom is 0.337 e. The third-order valence-corrected chi connectivity index (χ3v) is 4.58.